The quantitative estimate of drug-likeness (QED) is 0.0262. The van der Waals surface area contributed by atoms with Crippen LogP contribution in [-0.4, -0.2) is 37.2 Å². The molecule has 0 radical (unpaired) electrons. The average molecular weight is 887 g/mol. The van der Waals surface area contributed by atoms with E-state index in [4.69, 9.17) is 14.2 Å². The van der Waals surface area contributed by atoms with E-state index >= 15 is 0 Å². The molecule has 0 aromatic rings. The fourth-order valence-corrected chi connectivity index (χ4v) is 6.66. The Kier molecular flexibility index (Phi) is 48.5. The molecule has 0 heterocycles. The minimum Gasteiger partial charge on any atom is -0.462 e. The number of rotatable bonds is 45. The molecule has 0 fully saturated rings. The molecule has 0 amide bonds. The van der Waals surface area contributed by atoms with Gasteiger partial charge in [-0.3, -0.25) is 14.4 Å². The van der Waals surface area contributed by atoms with E-state index in [1.54, 1.807) is 0 Å². The second-order valence-electron chi connectivity index (χ2n) is 16.7. The standard InChI is InChI=1S/C58H94O6/c1-4-7-10-13-16-19-22-24-26-27-28-29-30-31-33-34-36-39-42-45-48-51-57(60)63-54-55(53-62-56(59)50-47-44-41-38-21-18-15-12-9-6-3)64-58(61)52-49-46-43-40-37-35-32-25-23-20-17-14-11-8-5-2/h7-8,10-12,15-17,19-20,24-26,28-29,32,37,40,55H,4-6,9,13-14,18,21-23,27,30-31,33-36,38-39,41-54H2,1-3H3/b10-7-,11-8-,15-12-,19-16-,20-17-,26-24-,29-28-,32-25-,40-37-. The maximum Gasteiger partial charge on any atom is 0.306 e. The molecular formula is C58H94O6. The van der Waals surface area contributed by atoms with Crippen LogP contribution in [0, 0.1) is 0 Å². The Morgan fingerprint density at radius 3 is 1.00 bits per heavy atom. The first-order chi connectivity index (χ1) is 31.5. The summed E-state index contributed by atoms with van der Waals surface area (Å²) < 4.78 is 16.7. The zero-order valence-corrected chi connectivity index (χ0v) is 41.3. The SMILES string of the molecule is CC/C=C\C/C=C\C/C=C\C/C=C\CCCCCCCCCCC(=O)OCC(COC(=O)CCCCCCC/C=C\CCC)OC(=O)CCCC/C=C\C/C=C\C/C=C\C/C=C\CC. The molecule has 0 N–H and O–H groups in total. The number of ether oxygens (including phenoxy) is 3. The fourth-order valence-electron chi connectivity index (χ4n) is 6.66. The van der Waals surface area contributed by atoms with Crippen molar-refractivity contribution < 1.29 is 28.6 Å². The number of hydrogen-bond donors (Lipinski definition) is 0. The molecule has 0 aromatic heterocycles. The van der Waals surface area contributed by atoms with E-state index < -0.39 is 6.10 Å². The van der Waals surface area contributed by atoms with Crippen molar-refractivity contribution in [2.75, 3.05) is 13.2 Å². The zero-order chi connectivity index (χ0) is 46.5. The van der Waals surface area contributed by atoms with Gasteiger partial charge in [0.1, 0.15) is 13.2 Å². The number of esters is 3. The first-order valence-corrected chi connectivity index (χ1v) is 25.9. The first kappa shape index (κ1) is 60.1. The van der Waals surface area contributed by atoms with Gasteiger partial charge in [-0.1, -0.05) is 194 Å². The van der Waals surface area contributed by atoms with E-state index in [9.17, 15) is 14.4 Å². The molecule has 0 aromatic carbocycles. The summed E-state index contributed by atoms with van der Waals surface area (Å²) in [6.45, 7) is 6.28. The highest BCUT2D eigenvalue weighted by atomic mass is 16.6. The Bertz CT molecular complexity index is 1340. The lowest BCUT2D eigenvalue weighted by Crippen LogP contribution is -2.30. The predicted molar refractivity (Wildman–Crippen MR) is 274 cm³/mol. The number of allylic oxidation sites excluding steroid dienone is 18. The average Bonchev–Trinajstić information content (AvgIpc) is 3.29. The summed E-state index contributed by atoms with van der Waals surface area (Å²) >= 11 is 0. The van der Waals surface area contributed by atoms with Crippen molar-refractivity contribution in [1.82, 2.24) is 0 Å². The maximum absolute atomic E-state index is 12.8. The molecular weight excluding hydrogens is 793 g/mol. The minimum absolute atomic E-state index is 0.104. The topological polar surface area (TPSA) is 78.9 Å². The highest BCUT2D eigenvalue weighted by molar-refractivity contribution is 5.71. The van der Waals surface area contributed by atoms with Crippen LogP contribution >= 0.6 is 0 Å². The lowest BCUT2D eigenvalue weighted by Gasteiger charge is -2.18. The van der Waals surface area contributed by atoms with Crippen LogP contribution in [0.5, 0.6) is 0 Å². The summed E-state index contributed by atoms with van der Waals surface area (Å²) in [4.78, 5) is 37.9. The van der Waals surface area contributed by atoms with Gasteiger partial charge < -0.3 is 14.2 Å². The maximum atomic E-state index is 12.8. The van der Waals surface area contributed by atoms with Gasteiger partial charge in [-0.25, -0.2) is 0 Å². The summed E-state index contributed by atoms with van der Waals surface area (Å²) in [6.07, 6.45) is 69.4. The Labute approximate surface area is 393 Å². The molecule has 64 heavy (non-hydrogen) atoms. The van der Waals surface area contributed by atoms with Gasteiger partial charge in [-0.05, 0) is 116 Å². The first-order valence-electron chi connectivity index (χ1n) is 25.9. The van der Waals surface area contributed by atoms with Crippen LogP contribution in [0.25, 0.3) is 0 Å². The molecule has 1 unspecified atom stereocenters. The largest absolute Gasteiger partial charge is 0.462 e. The normalized spacial score (nSPS) is 13.0. The van der Waals surface area contributed by atoms with Gasteiger partial charge in [0.25, 0.3) is 0 Å². The van der Waals surface area contributed by atoms with Gasteiger partial charge >= 0.3 is 17.9 Å². The third kappa shape index (κ3) is 49.1. The second kappa shape index (κ2) is 51.7. The monoisotopic (exact) mass is 887 g/mol. The van der Waals surface area contributed by atoms with Gasteiger partial charge in [0.2, 0.25) is 0 Å². The van der Waals surface area contributed by atoms with Crippen molar-refractivity contribution in [2.45, 2.75) is 226 Å². The minimum atomic E-state index is -0.807. The van der Waals surface area contributed by atoms with E-state index in [-0.39, 0.29) is 37.5 Å². The Hall–Kier alpha value is -3.93. The van der Waals surface area contributed by atoms with Crippen molar-refractivity contribution in [3.05, 3.63) is 109 Å². The summed E-state index contributed by atoms with van der Waals surface area (Å²) in [6, 6.07) is 0. The number of hydrogen-bond acceptors (Lipinski definition) is 6. The zero-order valence-electron chi connectivity index (χ0n) is 41.3. The number of unbranched alkanes of at least 4 members (excludes halogenated alkanes) is 16. The lowest BCUT2D eigenvalue weighted by atomic mass is 10.1. The van der Waals surface area contributed by atoms with Gasteiger partial charge in [0, 0.05) is 19.3 Å². The van der Waals surface area contributed by atoms with Crippen molar-refractivity contribution in [2.24, 2.45) is 0 Å². The Morgan fingerprint density at radius 1 is 0.328 bits per heavy atom. The molecule has 6 heteroatoms. The molecule has 0 saturated heterocycles. The molecule has 0 spiro atoms. The van der Waals surface area contributed by atoms with Gasteiger partial charge in [0.15, 0.2) is 6.10 Å². The molecule has 0 bridgehead atoms. The second-order valence-corrected chi connectivity index (χ2v) is 16.7. The lowest BCUT2D eigenvalue weighted by molar-refractivity contribution is -0.167. The van der Waals surface area contributed by atoms with Crippen molar-refractivity contribution >= 4 is 17.9 Å². The van der Waals surface area contributed by atoms with Crippen LogP contribution in [0.3, 0.4) is 0 Å². The molecule has 0 rings (SSSR count). The van der Waals surface area contributed by atoms with E-state index in [0.717, 1.165) is 128 Å². The summed E-state index contributed by atoms with van der Waals surface area (Å²) in [5, 5.41) is 0. The van der Waals surface area contributed by atoms with Crippen LogP contribution in [0.2, 0.25) is 0 Å². The van der Waals surface area contributed by atoms with Crippen LogP contribution in [0.1, 0.15) is 220 Å². The number of carbonyl (C=O) groups is 3. The third-order valence-electron chi connectivity index (χ3n) is 10.5. The smallest absolute Gasteiger partial charge is 0.306 e. The fraction of sp³-hybridized carbons (Fsp3) is 0.638. The van der Waals surface area contributed by atoms with E-state index in [1.807, 2.05) is 0 Å². The molecule has 0 aliphatic carbocycles. The van der Waals surface area contributed by atoms with Gasteiger partial charge in [0.05, 0.1) is 0 Å². The molecule has 1 atom stereocenters. The summed E-state index contributed by atoms with van der Waals surface area (Å²) in [7, 11) is 0. The van der Waals surface area contributed by atoms with Gasteiger partial charge in [-0.15, -0.1) is 0 Å². The third-order valence-corrected chi connectivity index (χ3v) is 10.5. The molecule has 6 nitrogen and oxygen atoms in total. The Morgan fingerprint density at radius 2 is 0.609 bits per heavy atom. The molecule has 0 aliphatic rings. The van der Waals surface area contributed by atoms with Crippen molar-refractivity contribution in [1.29, 1.82) is 0 Å². The van der Waals surface area contributed by atoms with Crippen LogP contribution in [0.15, 0.2) is 109 Å². The Balaban J connectivity index is 4.40. The van der Waals surface area contributed by atoms with E-state index in [0.29, 0.717) is 19.3 Å². The van der Waals surface area contributed by atoms with E-state index in [2.05, 4.69) is 130 Å². The van der Waals surface area contributed by atoms with Crippen molar-refractivity contribution in [3.8, 4) is 0 Å². The highest BCUT2D eigenvalue weighted by Crippen LogP contribution is 2.13. The van der Waals surface area contributed by atoms with Crippen LogP contribution < -0.4 is 0 Å². The van der Waals surface area contributed by atoms with Crippen molar-refractivity contribution in [3.63, 3.8) is 0 Å². The van der Waals surface area contributed by atoms with Gasteiger partial charge in [-0.2, -0.15) is 0 Å². The predicted octanol–water partition coefficient (Wildman–Crippen LogP) is 17.1. The van der Waals surface area contributed by atoms with Crippen LogP contribution in [-0.2, 0) is 28.6 Å². The summed E-state index contributed by atoms with van der Waals surface area (Å²) in [5.41, 5.74) is 0. The molecule has 362 valence electrons. The summed E-state index contributed by atoms with van der Waals surface area (Å²) in [5.74, 6) is -0.970. The van der Waals surface area contributed by atoms with Crippen LogP contribution in [0.4, 0.5) is 0 Å². The van der Waals surface area contributed by atoms with E-state index in [1.165, 1.54) is 44.9 Å². The number of carbonyl (C=O) groups excluding carboxylic acids is 3. The molecule has 0 aliphatic heterocycles. The highest BCUT2D eigenvalue weighted by Gasteiger charge is 2.19. The molecule has 0 saturated carbocycles.